The van der Waals surface area contributed by atoms with Crippen LogP contribution in [-0.4, -0.2) is 36.9 Å². The third kappa shape index (κ3) is 6.68. The van der Waals surface area contributed by atoms with Gasteiger partial charge in [-0.1, -0.05) is 28.9 Å². The molecule has 160 valence electrons. The standard InChI is InChI=1S/C22H25BrN2O4S/c1-2-10-28-20-9-8-15(23)12-19(20)21(26)25-22(30)24-16-5-3-6-17(13-16)29-14-18-7-4-11-27-18/h3,5-6,8-9,12-13,18H,2,4,7,10-11,14H2,1H3,(H2,24,25,26,30). The van der Waals surface area contributed by atoms with Crippen LogP contribution in [0.25, 0.3) is 0 Å². The van der Waals surface area contributed by atoms with E-state index in [0.717, 1.165) is 36.0 Å². The fourth-order valence-corrected chi connectivity index (χ4v) is 3.55. The van der Waals surface area contributed by atoms with E-state index in [2.05, 4.69) is 26.6 Å². The molecule has 0 bridgehead atoms. The van der Waals surface area contributed by atoms with Crippen LogP contribution in [0.15, 0.2) is 46.9 Å². The Bertz CT molecular complexity index is 887. The summed E-state index contributed by atoms with van der Waals surface area (Å²) in [5.74, 6) is 0.891. The van der Waals surface area contributed by atoms with Gasteiger partial charge in [0.15, 0.2) is 5.11 Å². The van der Waals surface area contributed by atoms with Crippen molar-refractivity contribution < 1.29 is 19.0 Å². The van der Waals surface area contributed by atoms with E-state index in [0.29, 0.717) is 30.3 Å². The van der Waals surface area contributed by atoms with Crippen LogP contribution < -0.4 is 20.1 Å². The highest BCUT2D eigenvalue weighted by Crippen LogP contribution is 2.24. The third-order valence-electron chi connectivity index (χ3n) is 4.43. The average molecular weight is 493 g/mol. The van der Waals surface area contributed by atoms with Crippen molar-refractivity contribution in [3.05, 3.63) is 52.5 Å². The number of hydrogen-bond donors (Lipinski definition) is 2. The van der Waals surface area contributed by atoms with E-state index in [-0.39, 0.29) is 17.1 Å². The number of rotatable bonds is 8. The van der Waals surface area contributed by atoms with Crippen LogP contribution >= 0.6 is 28.1 Å². The molecular weight excluding hydrogens is 468 g/mol. The van der Waals surface area contributed by atoms with Crippen LogP contribution in [0.1, 0.15) is 36.5 Å². The van der Waals surface area contributed by atoms with Crippen molar-refractivity contribution in [3.63, 3.8) is 0 Å². The van der Waals surface area contributed by atoms with Gasteiger partial charge in [0, 0.05) is 22.8 Å². The third-order valence-corrected chi connectivity index (χ3v) is 5.12. The van der Waals surface area contributed by atoms with Gasteiger partial charge in [-0.15, -0.1) is 0 Å². The minimum Gasteiger partial charge on any atom is -0.493 e. The van der Waals surface area contributed by atoms with E-state index in [1.54, 1.807) is 12.1 Å². The number of hydrogen-bond acceptors (Lipinski definition) is 5. The van der Waals surface area contributed by atoms with E-state index < -0.39 is 0 Å². The number of amides is 1. The number of carbonyl (C=O) groups excluding carboxylic acids is 1. The summed E-state index contributed by atoms with van der Waals surface area (Å²) in [6, 6.07) is 12.7. The zero-order valence-electron chi connectivity index (χ0n) is 16.8. The second kappa shape index (κ2) is 11.3. The molecular formula is C22H25BrN2O4S. The maximum Gasteiger partial charge on any atom is 0.261 e. The molecule has 0 saturated carbocycles. The van der Waals surface area contributed by atoms with Gasteiger partial charge in [-0.25, -0.2) is 0 Å². The highest BCUT2D eigenvalue weighted by atomic mass is 79.9. The number of benzene rings is 2. The molecule has 30 heavy (non-hydrogen) atoms. The number of carbonyl (C=O) groups is 1. The highest BCUT2D eigenvalue weighted by molar-refractivity contribution is 9.10. The van der Waals surface area contributed by atoms with Gasteiger partial charge >= 0.3 is 0 Å². The number of halogens is 1. The average Bonchev–Trinajstić information content (AvgIpc) is 3.25. The van der Waals surface area contributed by atoms with Crippen molar-refractivity contribution in [2.24, 2.45) is 0 Å². The fourth-order valence-electron chi connectivity index (χ4n) is 2.98. The minimum absolute atomic E-state index is 0.149. The van der Waals surface area contributed by atoms with Gasteiger partial charge in [0.25, 0.3) is 5.91 Å². The van der Waals surface area contributed by atoms with Crippen molar-refractivity contribution in [2.75, 3.05) is 25.1 Å². The summed E-state index contributed by atoms with van der Waals surface area (Å²) in [6.07, 6.45) is 3.10. The van der Waals surface area contributed by atoms with E-state index in [9.17, 15) is 4.79 Å². The maximum atomic E-state index is 12.7. The molecule has 2 aromatic rings. The van der Waals surface area contributed by atoms with Crippen LogP contribution in [0.3, 0.4) is 0 Å². The van der Waals surface area contributed by atoms with Crippen LogP contribution in [0.2, 0.25) is 0 Å². The Balaban J connectivity index is 1.58. The Labute approximate surface area is 190 Å². The Kier molecular flexibility index (Phi) is 8.48. The minimum atomic E-state index is -0.342. The van der Waals surface area contributed by atoms with Crippen LogP contribution in [-0.2, 0) is 4.74 Å². The summed E-state index contributed by atoms with van der Waals surface area (Å²) in [5, 5.41) is 5.92. The molecule has 0 spiro atoms. The number of thiocarbonyl (C=S) groups is 1. The molecule has 1 heterocycles. The van der Waals surface area contributed by atoms with Crippen molar-refractivity contribution in [2.45, 2.75) is 32.3 Å². The molecule has 1 fully saturated rings. The molecule has 1 saturated heterocycles. The topological polar surface area (TPSA) is 68.8 Å². The Hall–Kier alpha value is -2.16. The maximum absolute atomic E-state index is 12.7. The second-order valence-electron chi connectivity index (χ2n) is 6.87. The van der Waals surface area contributed by atoms with Gasteiger partial charge in [0.2, 0.25) is 0 Å². The summed E-state index contributed by atoms with van der Waals surface area (Å²) in [7, 11) is 0. The predicted octanol–water partition coefficient (Wildman–Crippen LogP) is 4.92. The van der Waals surface area contributed by atoms with E-state index >= 15 is 0 Å². The molecule has 1 atom stereocenters. The largest absolute Gasteiger partial charge is 0.493 e. The van der Waals surface area contributed by atoms with Crippen molar-refractivity contribution >= 4 is 44.9 Å². The van der Waals surface area contributed by atoms with Crippen molar-refractivity contribution in [3.8, 4) is 11.5 Å². The molecule has 3 rings (SSSR count). The van der Waals surface area contributed by atoms with Crippen LogP contribution in [0.5, 0.6) is 11.5 Å². The smallest absolute Gasteiger partial charge is 0.261 e. The summed E-state index contributed by atoms with van der Waals surface area (Å²) < 4.78 is 17.8. The Morgan fingerprint density at radius 2 is 2.13 bits per heavy atom. The molecule has 8 heteroatoms. The summed E-state index contributed by atoms with van der Waals surface area (Å²) in [5.41, 5.74) is 1.14. The SMILES string of the molecule is CCCOc1ccc(Br)cc1C(=O)NC(=S)Nc1cccc(OCC2CCCO2)c1. The highest BCUT2D eigenvalue weighted by Gasteiger charge is 2.17. The lowest BCUT2D eigenvalue weighted by molar-refractivity contribution is 0.0680. The Morgan fingerprint density at radius 1 is 1.27 bits per heavy atom. The van der Waals surface area contributed by atoms with Crippen molar-refractivity contribution in [1.29, 1.82) is 0 Å². The predicted molar refractivity (Wildman–Crippen MR) is 125 cm³/mol. The van der Waals surface area contributed by atoms with Gasteiger partial charge < -0.3 is 19.5 Å². The molecule has 1 unspecified atom stereocenters. The molecule has 2 N–H and O–H groups in total. The normalized spacial score (nSPS) is 15.5. The quantitative estimate of drug-likeness (QED) is 0.509. The Morgan fingerprint density at radius 3 is 2.90 bits per heavy atom. The van der Waals surface area contributed by atoms with E-state index in [4.69, 9.17) is 26.4 Å². The van der Waals surface area contributed by atoms with E-state index in [1.807, 2.05) is 37.3 Å². The van der Waals surface area contributed by atoms with Gasteiger partial charge in [-0.2, -0.15) is 0 Å². The number of ether oxygens (including phenoxy) is 3. The van der Waals surface area contributed by atoms with Crippen molar-refractivity contribution in [1.82, 2.24) is 5.32 Å². The lowest BCUT2D eigenvalue weighted by atomic mass is 10.2. The first-order valence-corrected chi connectivity index (χ1v) is 11.1. The van der Waals surface area contributed by atoms with E-state index in [1.165, 1.54) is 0 Å². The first kappa shape index (κ1) is 22.5. The lowest BCUT2D eigenvalue weighted by Crippen LogP contribution is -2.34. The monoisotopic (exact) mass is 492 g/mol. The van der Waals surface area contributed by atoms with Gasteiger partial charge in [0.05, 0.1) is 18.3 Å². The number of anilines is 1. The van der Waals surface area contributed by atoms with Crippen LogP contribution in [0, 0.1) is 0 Å². The van der Waals surface area contributed by atoms with Crippen LogP contribution in [0.4, 0.5) is 5.69 Å². The summed E-state index contributed by atoms with van der Waals surface area (Å²) >= 11 is 8.71. The zero-order valence-corrected chi connectivity index (χ0v) is 19.2. The molecule has 1 aliphatic heterocycles. The van der Waals surface area contributed by atoms with Gasteiger partial charge in [0.1, 0.15) is 18.1 Å². The molecule has 1 amide bonds. The first-order valence-electron chi connectivity index (χ1n) is 9.94. The summed E-state index contributed by atoms with van der Waals surface area (Å²) in [6.45, 7) is 3.86. The molecule has 0 radical (unpaired) electrons. The second-order valence-corrected chi connectivity index (χ2v) is 8.19. The molecule has 0 aromatic heterocycles. The van der Waals surface area contributed by atoms with Gasteiger partial charge in [-0.05, 0) is 61.8 Å². The molecule has 6 nitrogen and oxygen atoms in total. The number of nitrogens with one attached hydrogen (secondary N) is 2. The fraction of sp³-hybridized carbons (Fsp3) is 0.364. The zero-order chi connectivity index (χ0) is 21.3. The lowest BCUT2D eigenvalue weighted by Gasteiger charge is -2.14. The molecule has 2 aromatic carbocycles. The molecule has 1 aliphatic rings. The first-order chi connectivity index (χ1) is 14.5. The van der Waals surface area contributed by atoms with Gasteiger partial charge in [-0.3, -0.25) is 10.1 Å². The molecule has 0 aliphatic carbocycles. The summed E-state index contributed by atoms with van der Waals surface area (Å²) in [4.78, 5) is 12.7.